The Bertz CT molecular complexity index is 615. The Morgan fingerprint density at radius 2 is 2.11 bits per heavy atom. The van der Waals surface area contributed by atoms with Crippen LogP contribution < -0.4 is 5.73 Å². The topological polar surface area (TPSA) is 64.2 Å². The molecule has 2 aromatic rings. The lowest BCUT2D eigenvalue weighted by Crippen LogP contribution is -2.29. The van der Waals surface area contributed by atoms with Gasteiger partial charge >= 0.3 is 0 Å². The Morgan fingerprint density at radius 3 is 2.79 bits per heavy atom. The molecule has 1 aromatic heterocycles. The van der Waals surface area contributed by atoms with Crippen molar-refractivity contribution in [2.45, 2.75) is 18.9 Å². The molecule has 2 N–H and O–H groups in total. The zero-order chi connectivity index (χ0) is 13.4. The van der Waals surface area contributed by atoms with Crippen LogP contribution in [0, 0.1) is 0 Å². The maximum Gasteiger partial charge on any atom is 0.274 e. The number of aromatic nitrogens is 2. The quantitative estimate of drug-likeness (QED) is 0.850. The van der Waals surface area contributed by atoms with E-state index >= 15 is 0 Å². The minimum absolute atomic E-state index is 0.0317. The van der Waals surface area contributed by atoms with Crippen LogP contribution in [0.2, 0.25) is 0 Å². The molecule has 0 unspecified atom stereocenters. The van der Waals surface area contributed by atoms with Gasteiger partial charge in [-0.2, -0.15) is 5.10 Å². The number of nitrogens with two attached hydrogens (primary N) is 1. The highest BCUT2D eigenvalue weighted by molar-refractivity contribution is 5.92. The van der Waals surface area contributed by atoms with E-state index in [4.69, 9.17) is 5.73 Å². The summed E-state index contributed by atoms with van der Waals surface area (Å²) < 4.78 is 1.64. The molecule has 1 amide bonds. The molecule has 1 fully saturated rings. The third-order valence-corrected chi connectivity index (χ3v) is 3.41. The number of hydrogen-bond donors (Lipinski definition) is 1. The molecule has 1 aromatic carbocycles. The molecule has 0 spiro atoms. The molecule has 0 radical (unpaired) electrons. The third kappa shape index (κ3) is 2.19. The Kier molecular flexibility index (Phi) is 2.74. The van der Waals surface area contributed by atoms with Crippen molar-refractivity contribution in [2.24, 2.45) is 0 Å². The number of nitrogens with zero attached hydrogens (tertiary/aromatic N) is 3. The predicted octanol–water partition coefficient (Wildman–Crippen LogP) is 1.69. The molecule has 5 nitrogen and oxygen atoms in total. The van der Waals surface area contributed by atoms with Crippen molar-refractivity contribution in [3.05, 3.63) is 42.2 Å². The number of carbonyl (C=O) groups is 1. The summed E-state index contributed by atoms with van der Waals surface area (Å²) in [4.78, 5) is 13.9. The van der Waals surface area contributed by atoms with E-state index in [9.17, 15) is 4.79 Å². The summed E-state index contributed by atoms with van der Waals surface area (Å²) in [6, 6.07) is 9.57. The number of rotatable bonds is 3. The van der Waals surface area contributed by atoms with E-state index in [2.05, 4.69) is 5.10 Å². The number of para-hydroxylation sites is 2. The molecule has 0 atom stereocenters. The number of anilines is 1. The van der Waals surface area contributed by atoms with Gasteiger partial charge in [0.25, 0.3) is 5.91 Å². The molecule has 0 saturated heterocycles. The lowest BCUT2D eigenvalue weighted by molar-refractivity contribution is 0.0779. The molecular weight excluding hydrogens is 240 g/mol. The van der Waals surface area contributed by atoms with Crippen LogP contribution in [-0.2, 0) is 0 Å². The molecule has 1 heterocycles. The summed E-state index contributed by atoms with van der Waals surface area (Å²) in [6.45, 7) is 0. The van der Waals surface area contributed by atoms with Crippen molar-refractivity contribution < 1.29 is 4.79 Å². The van der Waals surface area contributed by atoms with Gasteiger partial charge in [-0.1, -0.05) is 12.1 Å². The second kappa shape index (κ2) is 4.42. The average molecular weight is 256 g/mol. The Morgan fingerprint density at radius 1 is 1.37 bits per heavy atom. The van der Waals surface area contributed by atoms with Crippen LogP contribution >= 0.6 is 0 Å². The van der Waals surface area contributed by atoms with E-state index in [1.54, 1.807) is 21.8 Å². The lowest BCUT2D eigenvalue weighted by atomic mass is 10.3. The summed E-state index contributed by atoms with van der Waals surface area (Å²) >= 11 is 0. The smallest absolute Gasteiger partial charge is 0.274 e. The molecular formula is C14H16N4O. The number of nitrogen functional groups attached to an aromatic ring is 1. The van der Waals surface area contributed by atoms with Crippen molar-refractivity contribution in [1.82, 2.24) is 14.7 Å². The van der Waals surface area contributed by atoms with E-state index in [0.717, 1.165) is 18.5 Å². The molecule has 3 rings (SSSR count). The first kappa shape index (κ1) is 11.8. The second-order valence-corrected chi connectivity index (χ2v) is 4.85. The molecule has 98 valence electrons. The van der Waals surface area contributed by atoms with Crippen molar-refractivity contribution in [3.8, 4) is 5.69 Å². The van der Waals surface area contributed by atoms with Gasteiger partial charge in [-0.3, -0.25) is 4.79 Å². The van der Waals surface area contributed by atoms with Gasteiger partial charge in [0, 0.05) is 19.3 Å². The van der Waals surface area contributed by atoms with Crippen molar-refractivity contribution in [3.63, 3.8) is 0 Å². The highest BCUT2D eigenvalue weighted by Gasteiger charge is 2.31. The van der Waals surface area contributed by atoms with Crippen molar-refractivity contribution in [1.29, 1.82) is 0 Å². The van der Waals surface area contributed by atoms with Crippen molar-refractivity contribution >= 4 is 11.6 Å². The highest BCUT2D eigenvalue weighted by Crippen LogP contribution is 2.26. The van der Waals surface area contributed by atoms with Gasteiger partial charge in [0.1, 0.15) is 0 Å². The molecule has 0 aliphatic heterocycles. The average Bonchev–Trinajstić information content (AvgIpc) is 3.16. The zero-order valence-corrected chi connectivity index (χ0v) is 10.8. The van der Waals surface area contributed by atoms with Crippen LogP contribution in [-0.4, -0.2) is 33.7 Å². The molecule has 1 aliphatic rings. The zero-order valence-electron chi connectivity index (χ0n) is 10.8. The molecule has 5 heteroatoms. The maximum absolute atomic E-state index is 12.2. The fourth-order valence-electron chi connectivity index (χ4n) is 2.08. The maximum atomic E-state index is 12.2. The molecule has 1 saturated carbocycles. The van der Waals surface area contributed by atoms with Crippen LogP contribution in [0.25, 0.3) is 5.69 Å². The van der Waals surface area contributed by atoms with Gasteiger partial charge in [0.15, 0.2) is 5.69 Å². The summed E-state index contributed by atoms with van der Waals surface area (Å²) in [6.07, 6.45) is 3.95. The van der Waals surface area contributed by atoms with Gasteiger partial charge in [0.2, 0.25) is 0 Å². The fourth-order valence-corrected chi connectivity index (χ4v) is 2.08. The van der Waals surface area contributed by atoms with Crippen LogP contribution in [0.15, 0.2) is 36.5 Å². The highest BCUT2D eigenvalue weighted by atomic mass is 16.2. The van der Waals surface area contributed by atoms with Crippen LogP contribution in [0.3, 0.4) is 0 Å². The monoisotopic (exact) mass is 256 g/mol. The first-order valence-corrected chi connectivity index (χ1v) is 6.34. The standard InChI is InChI=1S/C14H16N4O/c1-17(10-6-7-10)14(19)12-8-9-18(16-12)13-5-3-2-4-11(13)15/h2-5,8-10H,6-7,15H2,1H3. The largest absolute Gasteiger partial charge is 0.397 e. The van der Waals surface area contributed by atoms with Gasteiger partial charge in [0.05, 0.1) is 11.4 Å². The Labute approximate surface area is 111 Å². The summed E-state index contributed by atoms with van der Waals surface area (Å²) in [5.74, 6) is -0.0317. The molecule has 0 bridgehead atoms. The SMILES string of the molecule is CN(C(=O)c1ccn(-c2ccccc2N)n1)C1CC1. The van der Waals surface area contributed by atoms with E-state index in [0.29, 0.717) is 17.4 Å². The third-order valence-electron chi connectivity index (χ3n) is 3.41. The van der Waals surface area contributed by atoms with Gasteiger partial charge < -0.3 is 10.6 Å². The van der Waals surface area contributed by atoms with Gasteiger partial charge in [-0.05, 0) is 31.0 Å². The van der Waals surface area contributed by atoms with Crippen molar-refractivity contribution in [2.75, 3.05) is 12.8 Å². The van der Waals surface area contributed by atoms with E-state index in [1.807, 2.05) is 31.3 Å². The first-order valence-electron chi connectivity index (χ1n) is 6.34. The van der Waals surface area contributed by atoms with Crippen LogP contribution in [0.5, 0.6) is 0 Å². The summed E-state index contributed by atoms with van der Waals surface area (Å²) in [5.41, 5.74) is 7.78. The normalized spacial score (nSPS) is 14.4. The molecule has 19 heavy (non-hydrogen) atoms. The predicted molar refractivity (Wildman–Crippen MR) is 73.1 cm³/mol. The second-order valence-electron chi connectivity index (χ2n) is 4.85. The Hall–Kier alpha value is -2.30. The number of benzene rings is 1. The van der Waals surface area contributed by atoms with Crippen LogP contribution in [0.4, 0.5) is 5.69 Å². The van der Waals surface area contributed by atoms with E-state index in [1.165, 1.54) is 0 Å². The minimum Gasteiger partial charge on any atom is -0.397 e. The Balaban J connectivity index is 1.87. The van der Waals surface area contributed by atoms with Gasteiger partial charge in [-0.15, -0.1) is 0 Å². The van der Waals surface area contributed by atoms with Crippen LogP contribution in [0.1, 0.15) is 23.3 Å². The van der Waals surface area contributed by atoms with Gasteiger partial charge in [-0.25, -0.2) is 4.68 Å². The van der Waals surface area contributed by atoms with E-state index in [-0.39, 0.29) is 5.91 Å². The molecule has 1 aliphatic carbocycles. The first-order chi connectivity index (χ1) is 9.16. The summed E-state index contributed by atoms with van der Waals surface area (Å²) in [7, 11) is 1.83. The summed E-state index contributed by atoms with van der Waals surface area (Å²) in [5, 5.41) is 4.32. The lowest BCUT2D eigenvalue weighted by Gasteiger charge is -2.14. The number of hydrogen-bond acceptors (Lipinski definition) is 3. The minimum atomic E-state index is -0.0317. The number of carbonyl (C=O) groups excluding carboxylic acids is 1. The number of amides is 1. The fraction of sp³-hybridized carbons (Fsp3) is 0.286. The van der Waals surface area contributed by atoms with E-state index < -0.39 is 0 Å².